The van der Waals surface area contributed by atoms with Gasteiger partial charge in [-0.3, -0.25) is 9.59 Å². The van der Waals surface area contributed by atoms with Gasteiger partial charge in [0.15, 0.2) is 6.29 Å². The number of piperidine rings is 1. The van der Waals surface area contributed by atoms with Crippen LogP contribution in [0.3, 0.4) is 0 Å². The van der Waals surface area contributed by atoms with Gasteiger partial charge in [0.1, 0.15) is 5.82 Å². The molecule has 5 rings (SSSR count). The highest BCUT2D eigenvalue weighted by atomic mass is 16.3. The summed E-state index contributed by atoms with van der Waals surface area (Å²) in [6.07, 6.45) is 3.15. The predicted octanol–water partition coefficient (Wildman–Crippen LogP) is 1.61. The van der Waals surface area contributed by atoms with Crippen molar-refractivity contribution in [3.05, 3.63) is 36.0 Å². The number of aliphatic hydroxyl groups excluding tert-OH is 1. The van der Waals surface area contributed by atoms with Crippen molar-refractivity contribution in [2.24, 2.45) is 5.41 Å². The minimum atomic E-state index is -0.790. The van der Waals surface area contributed by atoms with E-state index in [1.165, 1.54) is 0 Å². The first-order chi connectivity index (χ1) is 13.1. The number of nitrogens with one attached hydrogen (secondary N) is 2. The number of β-amino-alcohol motifs (C(OH)–C–C–N with tert-alkyl or cyclic N) is 1. The van der Waals surface area contributed by atoms with Gasteiger partial charge in [0, 0.05) is 36.7 Å². The number of amides is 1. The molecule has 138 valence electrons. The molecule has 2 saturated heterocycles. The lowest BCUT2D eigenvalue weighted by molar-refractivity contribution is -0.131. The van der Waals surface area contributed by atoms with Crippen LogP contribution in [0, 0.1) is 5.41 Å². The molecule has 1 spiro atoms. The molecule has 7 heteroatoms. The van der Waals surface area contributed by atoms with E-state index in [9.17, 15) is 14.7 Å². The van der Waals surface area contributed by atoms with E-state index in [-0.39, 0.29) is 5.91 Å². The van der Waals surface area contributed by atoms with Crippen LogP contribution in [0.4, 0.5) is 5.82 Å². The Balaban J connectivity index is 1.69. The first-order valence-corrected chi connectivity index (χ1v) is 9.20. The van der Waals surface area contributed by atoms with Crippen molar-refractivity contribution in [2.45, 2.75) is 18.9 Å². The zero-order valence-electron chi connectivity index (χ0n) is 14.7. The number of pyridine rings is 1. The fourth-order valence-electron chi connectivity index (χ4n) is 4.61. The number of carbonyl (C=O) groups excluding carboxylic acids is 2. The Morgan fingerprint density at radius 3 is 2.96 bits per heavy atom. The fourth-order valence-corrected chi connectivity index (χ4v) is 4.61. The Hall–Kier alpha value is -2.93. The number of aldehydes is 1. The Kier molecular flexibility index (Phi) is 3.48. The Morgan fingerprint density at radius 2 is 2.19 bits per heavy atom. The van der Waals surface area contributed by atoms with E-state index in [1.54, 1.807) is 6.20 Å². The third-order valence-electron chi connectivity index (χ3n) is 6.04. The van der Waals surface area contributed by atoms with Gasteiger partial charge in [-0.05, 0) is 18.9 Å². The minimum absolute atomic E-state index is 0.0839. The van der Waals surface area contributed by atoms with E-state index >= 15 is 0 Å². The predicted molar refractivity (Wildman–Crippen MR) is 102 cm³/mol. The summed E-state index contributed by atoms with van der Waals surface area (Å²) in [4.78, 5) is 34.0. The highest BCUT2D eigenvalue weighted by molar-refractivity contribution is 6.16. The number of para-hydroxylation sites is 1. The largest absolute Gasteiger partial charge is 0.390 e. The van der Waals surface area contributed by atoms with Crippen LogP contribution in [0.1, 0.15) is 23.2 Å². The van der Waals surface area contributed by atoms with Gasteiger partial charge in [0.05, 0.1) is 28.0 Å². The third kappa shape index (κ3) is 2.21. The van der Waals surface area contributed by atoms with Gasteiger partial charge in [0.2, 0.25) is 5.91 Å². The number of benzene rings is 1. The molecule has 2 atom stereocenters. The molecular weight excluding hydrogens is 344 g/mol. The second-order valence-corrected chi connectivity index (χ2v) is 7.48. The van der Waals surface area contributed by atoms with Gasteiger partial charge in [-0.25, -0.2) is 4.98 Å². The lowest BCUT2D eigenvalue weighted by atomic mass is 9.76. The number of carbonyl (C=O) groups is 2. The van der Waals surface area contributed by atoms with Crippen molar-refractivity contribution in [1.82, 2.24) is 15.3 Å². The maximum Gasteiger partial charge on any atom is 0.230 e. The van der Waals surface area contributed by atoms with Crippen molar-refractivity contribution < 1.29 is 14.7 Å². The molecule has 4 heterocycles. The average Bonchev–Trinajstić information content (AvgIpc) is 3.21. The summed E-state index contributed by atoms with van der Waals surface area (Å²) < 4.78 is 0. The normalized spacial score (nSPS) is 25.4. The smallest absolute Gasteiger partial charge is 0.230 e. The molecular formula is C20H20N4O3. The number of H-pyrrole nitrogens is 1. The van der Waals surface area contributed by atoms with Crippen LogP contribution in [0.2, 0.25) is 0 Å². The second-order valence-electron chi connectivity index (χ2n) is 7.48. The van der Waals surface area contributed by atoms with Crippen LogP contribution < -0.4 is 10.2 Å². The molecule has 2 aliphatic rings. The van der Waals surface area contributed by atoms with E-state index in [1.807, 2.05) is 24.3 Å². The van der Waals surface area contributed by atoms with Gasteiger partial charge >= 0.3 is 0 Å². The molecule has 0 saturated carbocycles. The molecule has 0 bridgehead atoms. The van der Waals surface area contributed by atoms with Crippen LogP contribution in [0.15, 0.2) is 30.5 Å². The first kappa shape index (κ1) is 16.3. The summed E-state index contributed by atoms with van der Waals surface area (Å²) in [5, 5.41) is 15.2. The van der Waals surface area contributed by atoms with E-state index < -0.39 is 11.5 Å². The summed E-state index contributed by atoms with van der Waals surface area (Å²) in [5.41, 5.74) is 1.42. The zero-order chi connectivity index (χ0) is 18.6. The van der Waals surface area contributed by atoms with E-state index in [0.717, 1.165) is 46.9 Å². The molecule has 27 heavy (non-hydrogen) atoms. The number of hydrogen-bond acceptors (Lipinski definition) is 5. The highest BCUT2D eigenvalue weighted by Gasteiger charge is 2.52. The topological polar surface area (TPSA) is 98.3 Å². The summed E-state index contributed by atoms with van der Waals surface area (Å²) in [5.74, 6) is 0.665. The quantitative estimate of drug-likeness (QED) is 0.600. The van der Waals surface area contributed by atoms with E-state index in [0.29, 0.717) is 25.1 Å². The van der Waals surface area contributed by atoms with E-state index in [4.69, 9.17) is 0 Å². The van der Waals surface area contributed by atoms with Gasteiger partial charge < -0.3 is 20.3 Å². The Bertz CT molecular complexity index is 1080. The van der Waals surface area contributed by atoms with Crippen LogP contribution in [-0.4, -0.2) is 53.0 Å². The molecule has 2 fully saturated rings. The monoisotopic (exact) mass is 364 g/mol. The molecule has 0 radical (unpaired) electrons. The molecule has 1 amide bonds. The number of fused-ring (bicyclic) bond motifs is 3. The maximum absolute atomic E-state index is 12.5. The molecule has 2 aromatic heterocycles. The Morgan fingerprint density at radius 1 is 1.33 bits per heavy atom. The van der Waals surface area contributed by atoms with Crippen molar-refractivity contribution >= 4 is 39.8 Å². The summed E-state index contributed by atoms with van der Waals surface area (Å²) in [7, 11) is 0. The fraction of sp³-hybridized carbons (Fsp3) is 0.350. The van der Waals surface area contributed by atoms with Crippen molar-refractivity contribution in [3.8, 4) is 0 Å². The van der Waals surface area contributed by atoms with Crippen LogP contribution in [0.5, 0.6) is 0 Å². The van der Waals surface area contributed by atoms with Gasteiger partial charge in [0.25, 0.3) is 0 Å². The van der Waals surface area contributed by atoms with Gasteiger partial charge in [-0.2, -0.15) is 0 Å². The van der Waals surface area contributed by atoms with Crippen molar-refractivity contribution in [3.63, 3.8) is 0 Å². The SMILES string of the molecule is O=Cc1cnc(N2CCC[C@@]3(C2)C(=O)NCC3O)c2c1[nH]c1ccccc12. The molecule has 7 nitrogen and oxygen atoms in total. The van der Waals surface area contributed by atoms with Crippen LogP contribution >= 0.6 is 0 Å². The lowest BCUT2D eigenvalue weighted by Gasteiger charge is -2.41. The second kappa shape index (κ2) is 5.79. The third-order valence-corrected chi connectivity index (χ3v) is 6.04. The lowest BCUT2D eigenvalue weighted by Crippen LogP contribution is -2.52. The number of aromatic nitrogens is 2. The van der Waals surface area contributed by atoms with E-state index in [2.05, 4.69) is 20.2 Å². The summed E-state index contributed by atoms with van der Waals surface area (Å²) in [6.45, 7) is 1.47. The number of aliphatic hydroxyl groups is 1. The number of aromatic amines is 1. The number of rotatable bonds is 2. The number of hydrogen-bond donors (Lipinski definition) is 3. The zero-order valence-corrected chi connectivity index (χ0v) is 14.7. The minimum Gasteiger partial charge on any atom is -0.390 e. The van der Waals surface area contributed by atoms with Crippen molar-refractivity contribution in [2.75, 3.05) is 24.5 Å². The summed E-state index contributed by atoms with van der Waals surface area (Å²) in [6, 6.07) is 7.88. The molecule has 1 unspecified atom stereocenters. The molecule has 0 aliphatic carbocycles. The molecule has 3 aromatic rings. The average molecular weight is 364 g/mol. The maximum atomic E-state index is 12.5. The van der Waals surface area contributed by atoms with Crippen LogP contribution in [0.25, 0.3) is 21.8 Å². The van der Waals surface area contributed by atoms with Crippen LogP contribution in [-0.2, 0) is 4.79 Å². The highest BCUT2D eigenvalue weighted by Crippen LogP contribution is 2.41. The van der Waals surface area contributed by atoms with Gasteiger partial charge in [-0.15, -0.1) is 0 Å². The summed E-state index contributed by atoms with van der Waals surface area (Å²) >= 11 is 0. The first-order valence-electron chi connectivity index (χ1n) is 9.20. The number of nitrogens with zero attached hydrogens (tertiary/aromatic N) is 2. The Labute approximate surface area is 155 Å². The standard InChI is InChI=1S/C20H20N4O3/c25-10-12-8-21-18(16-13-4-1-2-5-14(13)23-17(12)16)24-7-3-6-20(11-24)15(26)9-22-19(20)27/h1-2,4-5,8,10,15,23,26H,3,6-7,9,11H2,(H,22,27)/t15?,20-/m0/s1. The van der Waals surface area contributed by atoms with Crippen molar-refractivity contribution in [1.29, 1.82) is 0 Å². The molecule has 2 aliphatic heterocycles. The van der Waals surface area contributed by atoms with Gasteiger partial charge in [-0.1, -0.05) is 18.2 Å². The number of anilines is 1. The molecule has 3 N–H and O–H groups in total. The molecule has 1 aromatic carbocycles.